The van der Waals surface area contributed by atoms with E-state index in [0.717, 1.165) is 28.1 Å². The molecule has 0 radical (unpaired) electrons. The molecule has 2 aromatic rings. The molecule has 1 N–H and O–H groups in total. The number of nitrogens with zero attached hydrogens (tertiary/aromatic N) is 3. The molecule has 2 rings (SSSR count). The number of rotatable bonds is 7. The third-order valence-corrected chi connectivity index (χ3v) is 3.92. The lowest BCUT2D eigenvalue weighted by Crippen LogP contribution is -2.19. The fraction of sp³-hybridized carbons (Fsp3) is 0.375. The minimum atomic E-state index is 0.629. The summed E-state index contributed by atoms with van der Waals surface area (Å²) in [5, 5.41) is 3.31. The monoisotopic (exact) mass is 364 g/mol. The number of nitrogens with one attached hydrogen (secondary N) is 1. The fourth-order valence-electron chi connectivity index (χ4n) is 1.81. The summed E-state index contributed by atoms with van der Waals surface area (Å²) in [6.45, 7) is 4.15. The maximum absolute atomic E-state index is 5.64. The molecule has 0 aliphatic carbocycles. The van der Waals surface area contributed by atoms with Crippen molar-refractivity contribution in [3.63, 3.8) is 0 Å². The first-order valence-electron chi connectivity index (χ1n) is 7.14. The zero-order chi connectivity index (χ0) is 15.9. The summed E-state index contributed by atoms with van der Waals surface area (Å²) in [6.07, 6.45) is 1.77. The van der Waals surface area contributed by atoms with E-state index in [1.807, 2.05) is 45.3 Å². The Labute approximate surface area is 139 Å². The van der Waals surface area contributed by atoms with Crippen molar-refractivity contribution in [3.05, 3.63) is 46.2 Å². The molecule has 118 valence electrons. The van der Waals surface area contributed by atoms with Gasteiger partial charge < -0.3 is 15.0 Å². The average Bonchev–Trinajstić information content (AvgIpc) is 2.49. The number of aromatic nitrogens is 2. The quantitative estimate of drug-likeness (QED) is 0.817. The summed E-state index contributed by atoms with van der Waals surface area (Å²) in [7, 11) is 4.04. The molecule has 0 aromatic carbocycles. The number of pyridine rings is 2. The molecule has 0 saturated carbocycles. The van der Waals surface area contributed by atoms with E-state index in [9.17, 15) is 0 Å². The van der Waals surface area contributed by atoms with Gasteiger partial charge in [-0.1, -0.05) is 0 Å². The van der Waals surface area contributed by atoms with Gasteiger partial charge in [0.1, 0.15) is 12.4 Å². The van der Waals surface area contributed by atoms with Crippen LogP contribution < -0.4 is 10.1 Å². The Morgan fingerprint density at radius 3 is 2.82 bits per heavy atom. The lowest BCUT2D eigenvalue weighted by molar-refractivity contribution is 0.253. The molecule has 0 aliphatic rings. The lowest BCUT2D eigenvalue weighted by Gasteiger charge is -2.11. The van der Waals surface area contributed by atoms with Gasteiger partial charge in [0, 0.05) is 29.8 Å². The van der Waals surface area contributed by atoms with E-state index in [-0.39, 0.29) is 0 Å². The summed E-state index contributed by atoms with van der Waals surface area (Å²) in [5.41, 5.74) is 2.07. The summed E-state index contributed by atoms with van der Waals surface area (Å²) >= 11 is 3.45. The van der Waals surface area contributed by atoms with E-state index in [2.05, 4.69) is 36.1 Å². The Morgan fingerprint density at radius 1 is 1.27 bits per heavy atom. The van der Waals surface area contributed by atoms with Crippen LogP contribution >= 0.6 is 15.9 Å². The van der Waals surface area contributed by atoms with E-state index in [1.165, 1.54) is 0 Å². The van der Waals surface area contributed by atoms with Gasteiger partial charge >= 0.3 is 0 Å². The van der Waals surface area contributed by atoms with Crippen LogP contribution in [0.5, 0.6) is 5.88 Å². The van der Waals surface area contributed by atoms with Gasteiger partial charge in [-0.05, 0) is 60.7 Å². The van der Waals surface area contributed by atoms with Crippen LogP contribution in [-0.4, -0.2) is 42.1 Å². The summed E-state index contributed by atoms with van der Waals surface area (Å²) in [6, 6.07) is 7.87. The average molecular weight is 365 g/mol. The Balaban J connectivity index is 1.91. The van der Waals surface area contributed by atoms with Crippen molar-refractivity contribution < 1.29 is 4.74 Å². The van der Waals surface area contributed by atoms with Crippen LogP contribution in [0.1, 0.15) is 11.3 Å². The van der Waals surface area contributed by atoms with E-state index in [1.54, 1.807) is 6.20 Å². The highest BCUT2D eigenvalue weighted by molar-refractivity contribution is 9.10. The third-order valence-electron chi connectivity index (χ3n) is 3.08. The van der Waals surface area contributed by atoms with Crippen LogP contribution in [0.4, 0.5) is 5.82 Å². The second kappa shape index (κ2) is 8.10. The van der Waals surface area contributed by atoms with Crippen LogP contribution in [-0.2, 0) is 6.54 Å². The van der Waals surface area contributed by atoms with Crippen molar-refractivity contribution in [1.82, 2.24) is 14.9 Å². The smallest absolute Gasteiger partial charge is 0.213 e. The maximum atomic E-state index is 5.64. The largest absolute Gasteiger partial charge is 0.476 e. The highest BCUT2D eigenvalue weighted by Crippen LogP contribution is 2.17. The molecule has 22 heavy (non-hydrogen) atoms. The number of hydrogen-bond donors (Lipinski definition) is 1. The topological polar surface area (TPSA) is 50.3 Å². The summed E-state index contributed by atoms with van der Waals surface area (Å²) in [5.74, 6) is 1.51. The Kier molecular flexibility index (Phi) is 6.15. The summed E-state index contributed by atoms with van der Waals surface area (Å²) in [4.78, 5) is 10.8. The first-order valence-corrected chi connectivity index (χ1v) is 7.93. The molecule has 6 heteroatoms. The van der Waals surface area contributed by atoms with E-state index in [4.69, 9.17) is 4.74 Å². The van der Waals surface area contributed by atoms with E-state index >= 15 is 0 Å². The second-order valence-corrected chi connectivity index (χ2v) is 6.13. The molecular weight excluding hydrogens is 344 g/mol. The van der Waals surface area contributed by atoms with Crippen molar-refractivity contribution in [2.75, 3.05) is 32.6 Å². The van der Waals surface area contributed by atoms with Gasteiger partial charge in [-0.2, -0.15) is 0 Å². The summed E-state index contributed by atoms with van der Waals surface area (Å²) < 4.78 is 6.65. The highest BCUT2D eigenvalue weighted by atomic mass is 79.9. The molecule has 0 unspecified atom stereocenters. The number of likely N-dealkylation sites (N-methyl/N-ethyl adjacent to an activating group) is 1. The molecule has 0 spiro atoms. The molecule has 5 nitrogen and oxygen atoms in total. The van der Waals surface area contributed by atoms with Crippen molar-refractivity contribution >= 4 is 21.7 Å². The predicted molar refractivity (Wildman–Crippen MR) is 92.3 cm³/mol. The van der Waals surface area contributed by atoms with Gasteiger partial charge in [0.2, 0.25) is 5.88 Å². The number of halogens is 1. The molecule has 0 aliphatic heterocycles. The number of aryl methyl sites for hydroxylation is 1. The van der Waals surface area contributed by atoms with Crippen LogP contribution in [0.25, 0.3) is 0 Å². The Hall–Kier alpha value is -1.66. The minimum Gasteiger partial charge on any atom is -0.476 e. The minimum absolute atomic E-state index is 0.629. The number of hydrogen-bond acceptors (Lipinski definition) is 5. The molecule has 0 amide bonds. The molecule has 0 fully saturated rings. The number of ether oxygens (including phenoxy) is 1. The molecular formula is C16H21BrN4O. The van der Waals surface area contributed by atoms with Crippen LogP contribution in [0.2, 0.25) is 0 Å². The molecule has 2 heterocycles. The van der Waals surface area contributed by atoms with Gasteiger partial charge in [0.05, 0.1) is 5.69 Å². The molecule has 0 bridgehead atoms. The first kappa shape index (κ1) is 16.7. The zero-order valence-electron chi connectivity index (χ0n) is 13.1. The van der Waals surface area contributed by atoms with Gasteiger partial charge in [-0.15, -0.1) is 0 Å². The van der Waals surface area contributed by atoms with E-state index < -0.39 is 0 Å². The molecule has 0 atom stereocenters. The van der Waals surface area contributed by atoms with Crippen molar-refractivity contribution in [1.29, 1.82) is 0 Å². The van der Waals surface area contributed by atoms with Crippen molar-refractivity contribution in [3.8, 4) is 5.88 Å². The van der Waals surface area contributed by atoms with Crippen molar-refractivity contribution in [2.24, 2.45) is 0 Å². The predicted octanol–water partition coefficient (Wildman–Crippen LogP) is 3.10. The first-order chi connectivity index (χ1) is 10.5. The molecule has 0 saturated heterocycles. The number of anilines is 1. The normalized spacial score (nSPS) is 10.8. The van der Waals surface area contributed by atoms with Crippen LogP contribution in [0.3, 0.4) is 0 Å². The maximum Gasteiger partial charge on any atom is 0.213 e. The fourth-order valence-corrected chi connectivity index (χ4v) is 2.03. The Bertz CT molecular complexity index is 619. The van der Waals surface area contributed by atoms with Crippen LogP contribution in [0, 0.1) is 6.92 Å². The van der Waals surface area contributed by atoms with Gasteiger partial charge in [-0.3, -0.25) is 0 Å². The van der Waals surface area contributed by atoms with Gasteiger partial charge in [0.15, 0.2) is 0 Å². The highest BCUT2D eigenvalue weighted by Gasteiger charge is 2.02. The standard InChI is InChI=1S/C16H21BrN4O/c1-12-14(17)4-5-15(20-12)19-11-13-6-7-18-16(10-13)22-9-8-21(2)3/h4-7,10H,8-9,11H2,1-3H3,(H,19,20). The SMILES string of the molecule is Cc1nc(NCc2ccnc(OCCN(C)C)c2)ccc1Br. The van der Waals surface area contributed by atoms with Crippen LogP contribution in [0.15, 0.2) is 34.9 Å². The zero-order valence-corrected chi connectivity index (χ0v) is 14.7. The molecule has 2 aromatic heterocycles. The van der Waals surface area contributed by atoms with E-state index in [0.29, 0.717) is 19.0 Å². The second-order valence-electron chi connectivity index (χ2n) is 5.27. The van der Waals surface area contributed by atoms with Gasteiger partial charge in [0.25, 0.3) is 0 Å². The third kappa shape index (κ3) is 5.27. The lowest BCUT2D eigenvalue weighted by atomic mass is 10.2. The van der Waals surface area contributed by atoms with Gasteiger partial charge in [-0.25, -0.2) is 9.97 Å². The Morgan fingerprint density at radius 2 is 2.09 bits per heavy atom. The van der Waals surface area contributed by atoms with Crippen molar-refractivity contribution in [2.45, 2.75) is 13.5 Å².